The highest BCUT2D eigenvalue weighted by Crippen LogP contribution is 2.43. The number of fused-ring (bicyclic) bond motifs is 4. The third kappa shape index (κ3) is 3.92. The van der Waals surface area contributed by atoms with Gasteiger partial charge in [-0.1, -0.05) is 11.3 Å². The number of ether oxygens (including phenoxy) is 1. The summed E-state index contributed by atoms with van der Waals surface area (Å²) in [6, 6.07) is 14.5. The highest BCUT2D eigenvalue weighted by atomic mass is 16.5. The molecule has 0 saturated carbocycles. The predicted octanol–water partition coefficient (Wildman–Crippen LogP) is 4.13. The van der Waals surface area contributed by atoms with Crippen molar-refractivity contribution in [3.8, 4) is 28.6 Å². The molecule has 8 nitrogen and oxygen atoms in total. The summed E-state index contributed by atoms with van der Waals surface area (Å²) >= 11 is 0. The summed E-state index contributed by atoms with van der Waals surface area (Å²) in [7, 11) is 1.64. The zero-order valence-corrected chi connectivity index (χ0v) is 20.2. The van der Waals surface area contributed by atoms with E-state index in [0.717, 1.165) is 53.8 Å². The molecule has 3 saturated heterocycles. The normalized spacial score (nSPS) is 24.1. The van der Waals surface area contributed by atoms with Crippen LogP contribution >= 0.6 is 0 Å². The maximum absolute atomic E-state index is 11.8. The number of rotatable bonds is 6. The van der Waals surface area contributed by atoms with Crippen molar-refractivity contribution in [2.45, 2.75) is 25.0 Å². The number of aliphatic hydroxyl groups is 1. The summed E-state index contributed by atoms with van der Waals surface area (Å²) in [5, 5.41) is 30.8. The van der Waals surface area contributed by atoms with E-state index in [1.54, 1.807) is 42.3 Å². The monoisotopic (exact) mass is 483 g/mol. The Morgan fingerprint density at radius 2 is 1.97 bits per heavy atom. The Bertz CT molecular complexity index is 1420. The molecule has 2 bridgehead atoms. The molecule has 3 aliphatic rings. The molecule has 4 aromatic rings. The van der Waals surface area contributed by atoms with Crippen LogP contribution in [0.4, 0.5) is 0 Å². The van der Waals surface area contributed by atoms with Crippen LogP contribution in [0.25, 0.3) is 28.0 Å². The Hall–Kier alpha value is -3.75. The van der Waals surface area contributed by atoms with E-state index in [2.05, 4.69) is 27.9 Å². The lowest BCUT2D eigenvalue weighted by Crippen LogP contribution is -2.54. The molecule has 3 fully saturated rings. The number of hydrogen-bond donors (Lipinski definition) is 2. The van der Waals surface area contributed by atoms with Gasteiger partial charge in [-0.2, -0.15) is 0 Å². The maximum atomic E-state index is 11.8. The zero-order valence-electron chi connectivity index (χ0n) is 20.2. The molecule has 5 heterocycles. The lowest BCUT2D eigenvalue weighted by atomic mass is 9.73. The second kappa shape index (κ2) is 9.04. The Kier molecular flexibility index (Phi) is 5.70. The quantitative estimate of drug-likeness (QED) is 0.398. The van der Waals surface area contributed by atoms with Gasteiger partial charge in [0.15, 0.2) is 0 Å². The number of hydrogen-bond acceptors (Lipinski definition) is 7. The lowest BCUT2D eigenvalue weighted by molar-refractivity contribution is -0.0444. The number of phenolic OH excluding ortho intramolecular Hbond substituents is 1. The van der Waals surface area contributed by atoms with E-state index >= 15 is 0 Å². The first-order chi connectivity index (χ1) is 17.5. The standard InChI is InChI=1S/C28H29N5O3/c1-3-17-15-32-11-10-18(17)12-27(32)28(35)23-14-25(29-24-9-8-21(36-2)13-22(23)24)26-16-33(31-30-26)19-4-6-20(34)7-5-19/h3-9,13-14,16-18,27-28,34-35H,1,10-12,15H2,2H3/t17-,18-,27-,28+/m0/s1. The van der Waals surface area contributed by atoms with Gasteiger partial charge in [-0.15, -0.1) is 11.7 Å². The van der Waals surface area contributed by atoms with Gasteiger partial charge in [0.1, 0.15) is 17.2 Å². The molecule has 0 aliphatic carbocycles. The van der Waals surface area contributed by atoms with Crippen LogP contribution in [0, 0.1) is 11.8 Å². The number of nitrogens with zero attached hydrogens (tertiary/aromatic N) is 5. The number of aromatic nitrogens is 4. The molecule has 1 unspecified atom stereocenters. The van der Waals surface area contributed by atoms with Crippen LogP contribution < -0.4 is 4.74 Å². The number of methoxy groups -OCH3 is 1. The van der Waals surface area contributed by atoms with E-state index in [0.29, 0.717) is 23.2 Å². The van der Waals surface area contributed by atoms with Gasteiger partial charge in [0.25, 0.3) is 0 Å². The van der Waals surface area contributed by atoms with Crippen molar-refractivity contribution in [2.75, 3.05) is 20.2 Å². The van der Waals surface area contributed by atoms with Crippen molar-refractivity contribution >= 4 is 10.9 Å². The fourth-order valence-electron chi connectivity index (χ4n) is 5.76. The molecule has 36 heavy (non-hydrogen) atoms. The summed E-state index contributed by atoms with van der Waals surface area (Å²) in [5.41, 5.74) is 3.61. The molecule has 2 aromatic heterocycles. The highest BCUT2D eigenvalue weighted by Gasteiger charge is 2.42. The van der Waals surface area contributed by atoms with Crippen LogP contribution in [-0.4, -0.2) is 61.3 Å². The second-order valence-electron chi connectivity index (χ2n) is 9.74. The summed E-state index contributed by atoms with van der Waals surface area (Å²) in [6.45, 7) is 5.96. The number of piperidine rings is 3. The third-order valence-corrected chi connectivity index (χ3v) is 7.75. The summed E-state index contributed by atoms with van der Waals surface area (Å²) in [5.74, 6) is 1.96. The van der Waals surface area contributed by atoms with E-state index in [-0.39, 0.29) is 11.8 Å². The van der Waals surface area contributed by atoms with E-state index in [1.165, 1.54) is 0 Å². The lowest BCUT2D eigenvalue weighted by Gasteiger charge is -2.50. The molecule has 3 aliphatic heterocycles. The number of phenols is 1. The van der Waals surface area contributed by atoms with Crippen molar-refractivity contribution in [1.82, 2.24) is 24.9 Å². The Balaban J connectivity index is 1.41. The number of pyridine rings is 1. The second-order valence-corrected chi connectivity index (χ2v) is 9.74. The number of aliphatic hydroxyl groups excluding tert-OH is 1. The van der Waals surface area contributed by atoms with Gasteiger partial charge in [0, 0.05) is 18.0 Å². The van der Waals surface area contributed by atoms with Crippen molar-refractivity contribution in [3.63, 3.8) is 0 Å². The van der Waals surface area contributed by atoms with Crippen LogP contribution in [0.1, 0.15) is 24.5 Å². The molecule has 2 N–H and O–H groups in total. The molecule has 7 rings (SSSR count). The first kappa shape index (κ1) is 22.7. The van der Waals surface area contributed by atoms with Gasteiger partial charge in [-0.3, -0.25) is 4.90 Å². The van der Waals surface area contributed by atoms with Gasteiger partial charge in [0.2, 0.25) is 0 Å². The fraction of sp³-hybridized carbons (Fsp3) is 0.321. The molecule has 5 atom stereocenters. The fourth-order valence-corrected chi connectivity index (χ4v) is 5.76. The molecule has 184 valence electrons. The molecule has 0 spiro atoms. The minimum absolute atomic E-state index is 0.0391. The van der Waals surface area contributed by atoms with Gasteiger partial charge in [-0.05, 0) is 85.3 Å². The largest absolute Gasteiger partial charge is 0.508 e. The average molecular weight is 484 g/mol. The highest BCUT2D eigenvalue weighted by molar-refractivity contribution is 5.86. The first-order valence-electron chi connectivity index (χ1n) is 12.3. The van der Waals surface area contributed by atoms with Crippen molar-refractivity contribution in [1.29, 1.82) is 0 Å². The summed E-state index contributed by atoms with van der Waals surface area (Å²) < 4.78 is 7.13. The molecule has 0 amide bonds. The topological polar surface area (TPSA) is 96.5 Å². The van der Waals surface area contributed by atoms with E-state index in [1.807, 2.05) is 24.3 Å². The number of aromatic hydroxyl groups is 1. The van der Waals surface area contributed by atoms with E-state index in [4.69, 9.17) is 9.72 Å². The first-order valence-corrected chi connectivity index (χ1v) is 12.3. The average Bonchev–Trinajstić information content (AvgIpc) is 3.42. The summed E-state index contributed by atoms with van der Waals surface area (Å²) in [6.07, 6.45) is 5.29. The molecule has 0 radical (unpaired) electrons. The minimum atomic E-state index is -0.679. The smallest absolute Gasteiger partial charge is 0.131 e. The van der Waals surface area contributed by atoms with Crippen LogP contribution in [0.15, 0.2) is 67.4 Å². The van der Waals surface area contributed by atoms with E-state index < -0.39 is 6.10 Å². The van der Waals surface area contributed by atoms with Crippen molar-refractivity contribution in [2.24, 2.45) is 11.8 Å². The Morgan fingerprint density at radius 3 is 2.69 bits per heavy atom. The molecular formula is C28H29N5O3. The van der Waals surface area contributed by atoms with Gasteiger partial charge in [-0.25, -0.2) is 9.67 Å². The third-order valence-electron chi connectivity index (χ3n) is 7.75. The summed E-state index contributed by atoms with van der Waals surface area (Å²) in [4.78, 5) is 7.26. The van der Waals surface area contributed by atoms with Crippen LogP contribution in [0.3, 0.4) is 0 Å². The minimum Gasteiger partial charge on any atom is -0.508 e. The van der Waals surface area contributed by atoms with Crippen LogP contribution in [0.2, 0.25) is 0 Å². The van der Waals surface area contributed by atoms with E-state index in [9.17, 15) is 10.2 Å². The predicted molar refractivity (Wildman–Crippen MR) is 137 cm³/mol. The Labute approximate surface area is 209 Å². The molecule has 8 heteroatoms. The van der Waals surface area contributed by atoms with Crippen molar-refractivity contribution in [3.05, 3.63) is 72.9 Å². The maximum Gasteiger partial charge on any atom is 0.131 e. The van der Waals surface area contributed by atoms with Crippen LogP contribution in [-0.2, 0) is 0 Å². The van der Waals surface area contributed by atoms with Gasteiger partial charge >= 0.3 is 0 Å². The Morgan fingerprint density at radius 1 is 1.14 bits per heavy atom. The van der Waals surface area contributed by atoms with Gasteiger partial charge < -0.3 is 14.9 Å². The zero-order chi connectivity index (χ0) is 24.8. The molecule has 2 aromatic carbocycles. The van der Waals surface area contributed by atoms with Crippen LogP contribution in [0.5, 0.6) is 11.5 Å². The number of benzene rings is 2. The van der Waals surface area contributed by atoms with Crippen molar-refractivity contribution < 1.29 is 14.9 Å². The molecular weight excluding hydrogens is 454 g/mol. The SMILES string of the molecule is C=C[C@H]1CN2CC[C@H]1C[C@H]2[C@H](O)c1cc(-c2cn(-c3ccc(O)cc3)nn2)nc2ccc(OC)cc12. The van der Waals surface area contributed by atoms with Gasteiger partial charge in [0.05, 0.1) is 36.3 Å².